The third kappa shape index (κ3) is 6.71. The van der Waals surface area contributed by atoms with Gasteiger partial charge in [0, 0.05) is 50.4 Å². The zero-order valence-electron chi connectivity index (χ0n) is 19.0. The van der Waals surface area contributed by atoms with Gasteiger partial charge in [0.1, 0.15) is 5.02 Å². The van der Waals surface area contributed by atoms with Gasteiger partial charge in [-0.3, -0.25) is 19.7 Å². The maximum Gasteiger partial charge on any atom is 0.288 e. The quantitative estimate of drug-likeness (QED) is 0.315. The molecule has 1 aliphatic heterocycles. The Bertz CT molecular complexity index is 1110. The monoisotopic (exact) mass is 504 g/mol. The fraction of sp³-hybridized carbons (Fsp3) is 0.333. The SMILES string of the molecule is CC(C)CC(=O)N1CCN(c2ccc(NC(=O)/C=C/c3ccc(Cl)c([N+](=O)[O-])c3)cc2Cl)CC1. The highest BCUT2D eigenvalue weighted by molar-refractivity contribution is 6.33. The minimum absolute atomic E-state index is 0.0323. The van der Waals surface area contributed by atoms with E-state index in [-0.39, 0.29) is 16.6 Å². The summed E-state index contributed by atoms with van der Waals surface area (Å²) in [7, 11) is 0. The summed E-state index contributed by atoms with van der Waals surface area (Å²) in [5.41, 5.74) is 1.62. The van der Waals surface area contributed by atoms with Crippen LogP contribution in [0.2, 0.25) is 10.0 Å². The van der Waals surface area contributed by atoms with E-state index in [9.17, 15) is 19.7 Å². The van der Waals surface area contributed by atoms with Crippen LogP contribution in [-0.4, -0.2) is 47.8 Å². The minimum Gasteiger partial charge on any atom is -0.367 e. The molecule has 180 valence electrons. The lowest BCUT2D eigenvalue weighted by Crippen LogP contribution is -2.49. The van der Waals surface area contributed by atoms with Crippen LogP contribution in [0.3, 0.4) is 0 Å². The molecule has 1 heterocycles. The zero-order valence-corrected chi connectivity index (χ0v) is 20.5. The molecule has 2 amide bonds. The van der Waals surface area contributed by atoms with Crippen molar-refractivity contribution in [2.24, 2.45) is 5.92 Å². The van der Waals surface area contributed by atoms with Gasteiger partial charge >= 0.3 is 0 Å². The second-order valence-corrected chi connectivity index (χ2v) is 9.24. The second-order valence-electron chi connectivity index (χ2n) is 8.42. The van der Waals surface area contributed by atoms with Gasteiger partial charge in [-0.1, -0.05) is 43.1 Å². The number of nitrogens with zero attached hydrogens (tertiary/aromatic N) is 3. The van der Waals surface area contributed by atoms with E-state index in [1.807, 2.05) is 24.8 Å². The van der Waals surface area contributed by atoms with E-state index in [0.29, 0.717) is 54.8 Å². The first kappa shape index (κ1) is 25.5. The maximum atomic E-state index is 12.3. The van der Waals surface area contributed by atoms with Crippen molar-refractivity contribution < 1.29 is 14.5 Å². The van der Waals surface area contributed by atoms with Crippen molar-refractivity contribution in [1.82, 2.24) is 4.90 Å². The number of rotatable bonds is 7. The van der Waals surface area contributed by atoms with E-state index >= 15 is 0 Å². The Morgan fingerprint density at radius 2 is 1.79 bits per heavy atom. The number of amides is 2. The molecular weight excluding hydrogens is 479 g/mol. The summed E-state index contributed by atoms with van der Waals surface area (Å²) < 4.78 is 0. The lowest BCUT2D eigenvalue weighted by Gasteiger charge is -2.36. The van der Waals surface area contributed by atoms with Gasteiger partial charge in [-0.25, -0.2) is 0 Å². The molecule has 0 aliphatic carbocycles. The Morgan fingerprint density at radius 3 is 2.41 bits per heavy atom. The van der Waals surface area contributed by atoms with Crippen molar-refractivity contribution in [3.8, 4) is 0 Å². The molecule has 0 spiro atoms. The lowest BCUT2D eigenvalue weighted by atomic mass is 10.1. The molecule has 0 saturated carbocycles. The Balaban J connectivity index is 1.59. The maximum absolute atomic E-state index is 12.3. The summed E-state index contributed by atoms with van der Waals surface area (Å²) in [6.45, 7) is 6.74. The van der Waals surface area contributed by atoms with Crippen molar-refractivity contribution in [3.05, 3.63) is 68.2 Å². The number of carbonyl (C=O) groups is 2. The number of carbonyl (C=O) groups excluding carboxylic acids is 2. The number of benzene rings is 2. The molecule has 34 heavy (non-hydrogen) atoms. The number of anilines is 2. The number of halogens is 2. The molecule has 0 atom stereocenters. The number of nitrogens with one attached hydrogen (secondary N) is 1. The highest BCUT2D eigenvalue weighted by atomic mass is 35.5. The van der Waals surface area contributed by atoms with Crippen LogP contribution in [-0.2, 0) is 9.59 Å². The highest BCUT2D eigenvalue weighted by Gasteiger charge is 2.23. The van der Waals surface area contributed by atoms with Crippen LogP contribution < -0.4 is 10.2 Å². The number of piperazine rings is 1. The molecule has 0 radical (unpaired) electrons. The fourth-order valence-electron chi connectivity index (χ4n) is 3.65. The third-order valence-corrected chi connectivity index (χ3v) is 5.99. The first-order chi connectivity index (χ1) is 16.1. The molecule has 1 saturated heterocycles. The van der Waals surface area contributed by atoms with Gasteiger partial charge in [-0.2, -0.15) is 0 Å². The van der Waals surface area contributed by atoms with Crippen LogP contribution in [0.1, 0.15) is 25.8 Å². The molecule has 10 heteroatoms. The first-order valence-corrected chi connectivity index (χ1v) is 11.6. The standard InChI is InChI=1S/C24H26Cl2N4O4/c1-16(2)13-24(32)29-11-9-28(10-12-29)21-7-5-18(15-20(21)26)27-23(31)8-4-17-3-6-19(25)22(14-17)30(33)34/h3-8,14-16H,9-13H2,1-2H3,(H,27,31)/b8-4+. The third-order valence-electron chi connectivity index (χ3n) is 5.37. The largest absolute Gasteiger partial charge is 0.367 e. The molecule has 8 nitrogen and oxygen atoms in total. The Morgan fingerprint density at radius 1 is 1.09 bits per heavy atom. The Labute approximate surface area is 208 Å². The topological polar surface area (TPSA) is 95.8 Å². The van der Waals surface area contributed by atoms with Crippen LogP contribution in [0.15, 0.2) is 42.5 Å². The normalized spacial score (nSPS) is 14.0. The minimum atomic E-state index is -0.577. The van der Waals surface area contributed by atoms with Crippen molar-refractivity contribution in [2.45, 2.75) is 20.3 Å². The molecule has 1 N–H and O–H groups in total. The van der Waals surface area contributed by atoms with Crippen LogP contribution in [0.25, 0.3) is 6.08 Å². The highest BCUT2D eigenvalue weighted by Crippen LogP contribution is 2.30. The van der Waals surface area contributed by atoms with E-state index in [0.717, 1.165) is 5.69 Å². The van der Waals surface area contributed by atoms with Gasteiger partial charge in [0.05, 0.1) is 15.6 Å². The van der Waals surface area contributed by atoms with Gasteiger partial charge < -0.3 is 15.1 Å². The summed E-state index contributed by atoms with van der Waals surface area (Å²) in [4.78, 5) is 39.0. The average Bonchev–Trinajstić information content (AvgIpc) is 2.78. The second kappa shape index (κ2) is 11.4. The van der Waals surface area contributed by atoms with Crippen molar-refractivity contribution in [1.29, 1.82) is 0 Å². The van der Waals surface area contributed by atoms with Crippen molar-refractivity contribution >= 4 is 58.2 Å². The Hall–Kier alpha value is -3.10. The van der Waals surface area contributed by atoms with E-state index < -0.39 is 10.8 Å². The molecule has 0 aromatic heterocycles. The fourth-order valence-corrected chi connectivity index (χ4v) is 4.13. The van der Waals surface area contributed by atoms with Crippen LogP contribution in [0.4, 0.5) is 17.1 Å². The van der Waals surface area contributed by atoms with Gasteiger partial charge in [-0.05, 0) is 41.8 Å². The van der Waals surface area contributed by atoms with Gasteiger partial charge in [0.2, 0.25) is 11.8 Å². The molecule has 0 bridgehead atoms. The first-order valence-electron chi connectivity index (χ1n) is 10.9. The van der Waals surface area contributed by atoms with Crippen LogP contribution in [0.5, 0.6) is 0 Å². The van der Waals surface area contributed by atoms with Crippen LogP contribution in [0, 0.1) is 16.0 Å². The van der Waals surface area contributed by atoms with Crippen molar-refractivity contribution in [2.75, 3.05) is 36.4 Å². The summed E-state index contributed by atoms with van der Waals surface area (Å²) in [5, 5.41) is 14.3. The number of hydrogen-bond donors (Lipinski definition) is 1. The summed E-state index contributed by atoms with van der Waals surface area (Å²) in [5.74, 6) is 0.112. The van der Waals surface area contributed by atoms with E-state index in [2.05, 4.69) is 10.2 Å². The predicted molar refractivity (Wildman–Crippen MR) is 135 cm³/mol. The van der Waals surface area contributed by atoms with Gasteiger partial charge in [0.15, 0.2) is 0 Å². The van der Waals surface area contributed by atoms with E-state index in [4.69, 9.17) is 23.2 Å². The Kier molecular flexibility index (Phi) is 8.52. The van der Waals surface area contributed by atoms with Crippen LogP contribution >= 0.6 is 23.2 Å². The molecule has 1 fully saturated rings. The molecule has 2 aromatic carbocycles. The number of nitro groups is 1. The number of hydrogen-bond acceptors (Lipinski definition) is 5. The average molecular weight is 505 g/mol. The number of nitro benzene ring substituents is 1. The smallest absolute Gasteiger partial charge is 0.288 e. The molecule has 0 unspecified atom stereocenters. The molecule has 2 aromatic rings. The molecule has 3 rings (SSSR count). The van der Waals surface area contributed by atoms with Gasteiger partial charge in [-0.15, -0.1) is 0 Å². The van der Waals surface area contributed by atoms with Gasteiger partial charge in [0.25, 0.3) is 5.69 Å². The molecular formula is C24H26Cl2N4O4. The summed E-state index contributed by atoms with van der Waals surface area (Å²) in [6.07, 6.45) is 3.30. The zero-order chi connectivity index (χ0) is 24.8. The van der Waals surface area contributed by atoms with E-state index in [1.54, 1.807) is 18.2 Å². The van der Waals surface area contributed by atoms with E-state index in [1.165, 1.54) is 24.3 Å². The molecule has 1 aliphatic rings. The summed E-state index contributed by atoms with van der Waals surface area (Å²) in [6, 6.07) is 9.57. The van der Waals surface area contributed by atoms with Crippen molar-refractivity contribution in [3.63, 3.8) is 0 Å². The lowest BCUT2D eigenvalue weighted by molar-refractivity contribution is -0.384. The summed E-state index contributed by atoms with van der Waals surface area (Å²) >= 11 is 12.3. The predicted octanol–water partition coefficient (Wildman–Crippen LogP) is 5.25.